The molecule has 1 aromatic rings. The maximum absolute atomic E-state index is 6.16. The Morgan fingerprint density at radius 3 is 3.06 bits per heavy atom. The highest BCUT2D eigenvalue weighted by Gasteiger charge is 2.20. The number of morpholine rings is 1. The lowest BCUT2D eigenvalue weighted by molar-refractivity contribution is -0.00426. The Morgan fingerprint density at radius 2 is 2.38 bits per heavy atom. The topological polar surface area (TPSA) is 38.5 Å². The van der Waals surface area contributed by atoms with Crippen LogP contribution in [0.5, 0.6) is 0 Å². The highest BCUT2D eigenvalue weighted by Crippen LogP contribution is 2.24. The van der Waals surface area contributed by atoms with Gasteiger partial charge in [-0.15, -0.1) is 0 Å². The molecule has 0 radical (unpaired) electrons. The SMILES string of the molecule is CC1COCCN1Cc1c(N)cccc1Cl. The molecule has 0 bridgehead atoms. The number of anilines is 1. The van der Waals surface area contributed by atoms with Gasteiger partial charge in [-0.1, -0.05) is 17.7 Å². The van der Waals surface area contributed by atoms with E-state index < -0.39 is 0 Å². The fourth-order valence-corrected chi connectivity index (χ4v) is 2.18. The number of nitrogens with two attached hydrogens (primary N) is 1. The molecule has 2 rings (SSSR count). The zero-order chi connectivity index (χ0) is 11.5. The van der Waals surface area contributed by atoms with E-state index in [2.05, 4.69) is 11.8 Å². The van der Waals surface area contributed by atoms with Crippen molar-refractivity contribution in [3.05, 3.63) is 28.8 Å². The first-order valence-electron chi connectivity index (χ1n) is 5.53. The van der Waals surface area contributed by atoms with E-state index in [4.69, 9.17) is 22.1 Å². The number of halogens is 1. The second-order valence-corrected chi connectivity index (χ2v) is 4.61. The van der Waals surface area contributed by atoms with Crippen molar-refractivity contribution in [1.82, 2.24) is 4.90 Å². The summed E-state index contributed by atoms with van der Waals surface area (Å²) in [7, 11) is 0. The standard InChI is InChI=1S/C12H17ClN2O/c1-9-8-16-6-5-15(9)7-10-11(13)3-2-4-12(10)14/h2-4,9H,5-8,14H2,1H3. The van der Waals surface area contributed by atoms with E-state index in [1.54, 1.807) is 0 Å². The van der Waals surface area contributed by atoms with E-state index in [1.165, 1.54) is 0 Å². The van der Waals surface area contributed by atoms with Crippen LogP contribution < -0.4 is 5.73 Å². The van der Waals surface area contributed by atoms with E-state index in [0.717, 1.165) is 42.6 Å². The van der Waals surface area contributed by atoms with Gasteiger partial charge in [0.2, 0.25) is 0 Å². The molecule has 1 heterocycles. The molecule has 0 aliphatic carbocycles. The Hall–Kier alpha value is -0.770. The molecule has 1 fully saturated rings. The summed E-state index contributed by atoms with van der Waals surface area (Å²) < 4.78 is 5.40. The zero-order valence-electron chi connectivity index (χ0n) is 9.45. The van der Waals surface area contributed by atoms with Crippen molar-refractivity contribution in [3.63, 3.8) is 0 Å². The van der Waals surface area contributed by atoms with Gasteiger partial charge in [0.25, 0.3) is 0 Å². The van der Waals surface area contributed by atoms with E-state index >= 15 is 0 Å². The van der Waals surface area contributed by atoms with Crippen LogP contribution in [0, 0.1) is 0 Å². The molecule has 0 aromatic heterocycles. The average molecular weight is 241 g/mol. The molecular weight excluding hydrogens is 224 g/mol. The van der Waals surface area contributed by atoms with Crippen LogP contribution in [0.25, 0.3) is 0 Å². The number of ether oxygens (including phenoxy) is 1. The molecule has 1 unspecified atom stereocenters. The third-order valence-electron chi connectivity index (χ3n) is 3.02. The number of benzene rings is 1. The molecule has 1 atom stereocenters. The Kier molecular flexibility index (Phi) is 3.69. The first kappa shape index (κ1) is 11.7. The van der Waals surface area contributed by atoms with E-state index in [0.29, 0.717) is 6.04 Å². The van der Waals surface area contributed by atoms with Gasteiger partial charge in [-0.2, -0.15) is 0 Å². The Morgan fingerprint density at radius 1 is 1.56 bits per heavy atom. The predicted molar refractivity (Wildman–Crippen MR) is 66.6 cm³/mol. The van der Waals surface area contributed by atoms with Gasteiger partial charge in [-0.25, -0.2) is 0 Å². The summed E-state index contributed by atoms with van der Waals surface area (Å²) in [6, 6.07) is 6.08. The second kappa shape index (κ2) is 5.04. The van der Waals surface area contributed by atoms with Crippen LogP contribution in [0.3, 0.4) is 0 Å². The first-order chi connectivity index (χ1) is 7.68. The molecule has 88 valence electrons. The minimum absolute atomic E-state index is 0.421. The number of hydrogen-bond donors (Lipinski definition) is 1. The largest absolute Gasteiger partial charge is 0.398 e. The van der Waals surface area contributed by atoms with Gasteiger partial charge in [-0.3, -0.25) is 4.90 Å². The first-order valence-corrected chi connectivity index (χ1v) is 5.91. The van der Waals surface area contributed by atoms with Gasteiger partial charge in [0.1, 0.15) is 0 Å². The number of rotatable bonds is 2. The molecule has 0 amide bonds. The van der Waals surface area contributed by atoms with Gasteiger partial charge in [0.15, 0.2) is 0 Å². The van der Waals surface area contributed by atoms with E-state index in [-0.39, 0.29) is 0 Å². The lowest BCUT2D eigenvalue weighted by atomic mass is 10.1. The minimum Gasteiger partial charge on any atom is -0.398 e. The summed E-state index contributed by atoms with van der Waals surface area (Å²) in [5, 5.41) is 0.749. The van der Waals surface area contributed by atoms with E-state index in [9.17, 15) is 0 Å². The highest BCUT2D eigenvalue weighted by atomic mass is 35.5. The third kappa shape index (κ3) is 2.48. The van der Waals surface area contributed by atoms with Crippen molar-refractivity contribution in [2.75, 3.05) is 25.5 Å². The second-order valence-electron chi connectivity index (χ2n) is 4.20. The highest BCUT2D eigenvalue weighted by molar-refractivity contribution is 6.31. The number of nitrogens with zero attached hydrogens (tertiary/aromatic N) is 1. The zero-order valence-corrected chi connectivity index (χ0v) is 10.2. The van der Waals surface area contributed by atoms with Crippen LogP contribution in [0.2, 0.25) is 5.02 Å². The smallest absolute Gasteiger partial charge is 0.0619 e. The summed E-state index contributed by atoms with van der Waals surface area (Å²) in [6.45, 7) is 5.47. The normalized spacial score (nSPS) is 22.2. The van der Waals surface area contributed by atoms with Crippen molar-refractivity contribution < 1.29 is 4.74 Å². The minimum atomic E-state index is 0.421. The van der Waals surface area contributed by atoms with Gasteiger partial charge in [-0.05, 0) is 19.1 Å². The maximum atomic E-state index is 6.16. The third-order valence-corrected chi connectivity index (χ3v) is 3.38. The molecular formula is C12H17ClN2O. The van der Waals surface area contributed by atoms with Crippen LogP contribution >= 0.6 is 11.6 Å². The molecule has 4 heteroatoms. The maximum Gasteiger partial charge on any atom is 0.0619 e. The van der Waals surface area contributed by atoms with Crippen molar-refractivity contribution in [2.45, 2.75) is 19.5 Å². The Bertz CT molecular complexity index is 350. The quantitative estimate of drug-likeness (QED) is 0.805. The summed E-state index contributed by atoms with van der Waals surface area (Å²) >= 11 is 6.16. The molecule has 1 aromatic carbocycles. The van der Waals surface area contributed by atoms with Crippen molar-refractivity contribution >= 4 is 17.3 Å². The summed E-state index contributed by atoms with van der Waals surface area (Å²) in [5.41, 5.74) is 7.74. The number of hydrogen-bond acceptors (Lipinski definition) is 3. The molecule has 0 spiro atoms. The van der Waals surface area contributed by atoms with Crippen LogP contribution in [0.4, 0.5) is 5.69 Å². The number of nitrogen functional groups attached to an aromatic ring is 1. The predicted octanol–water partition coefficient (Wildman–Crippen LogP) is 2.14. The van der Waals surface area contributed by atoms with Crippen molar-refractivity contribution in [3.8, 4) is 0 Å². The summed E-state index contributed by atoms with van der Waals surface area (Å²) in [5.74, 6) is 0. The van der Waals surface area contributed by atoms with Crippen LogP contribution in [-0.2, 0) is 11.3 Å². The molecule has 16 heavy (non-hydrogen) atoms. The van der Waals surface area contributed by atoms with Gasteiger partial charge in [0, 0.05) is 35.4 Å². The molecule has 1 aliphatic rings. The van der Waals surface area contributed by atoms with Crippen molar-refractivity contribution in [1.29, 1.82) is 0 Å². The fraction of sp³-hybridized carbons (Fsp3) is 0.500. The van der Waals surface area contributed by atoms with Crippen LogP contribution in [0.15, 0.2) is 18.2 Å². The molecule has 0 saturated carbocycles. The summed E-state index contributed by atoms with van der Waals surface area (Å²) in [4.78, 5) is 2.35. The molecule has 1 aliphatic heterocycles. The van der Waals surface area contributed by atoms with Gasteiger partial charge < -0.3 is 10.5 Å². The Balaban J connectivity index is 2.13. The van der Waals surface area contributed by atoms with Gasteiger partial charge in [0.05, 0.1) is 13.2 Å². The van der Waals surface area contributed by atoms with E-state index in [1.807, 2.05) is 18.2 Å². The monoisotopic (exact) mass is 240 g/mol. The fourth-order valence-electron chi connectivity index (χ4n) is 1.94. The Labute approximate surface area is 101 Å². The molecule has 1 saturated heterocycles. The molecule has 3 nitrogen and oxygen atoms in total. The van der Waals surface area contributed by atoms with Crippen LogP contribution in [0.1, 0.15) is 12.5 Å². The molecule has 2 N–H and O–H groups in total. The van der Waals surface area contributed by atoms with Crippen molar-refractivity contribution in [2.24, 2.45) is 0 Å². The summed E-state index contributed by atoms with van der Waals surface area (Å²) in [6.07, 6.45) is 0. The average Bonchev–Trinajstić information content (AvgIpc) is 2.26. The van der Waals surface area contributed by atoms with Crippen LogP contribution in [-0.4, -0.2) is 30.7 Å². The lowest BCUT2D eigenvalue weighted by Crippen LogP contribution is -2.43. The lowest BCUT2D eigenvalue weighted by Gasteiger charge is -2.33. The van der Waals surface area contributed by atoms with Gasteiger partial charge >= 0.3 is 0 Å².